The fourth-order valence-electron chi connectivity index (χ4n) is 2.57. The lowest BCUT2D eigenvalue weighted by atomic mass is 10.1. The number of carbonyl (C=O) groups is 1. The van der Waals surface area contributed by atoms with E-state index in [1.165, 1.54) is 6.20 Å². The van der Waals surface area contributed by atoms with Crippen molar-refractivity contribution in [1.29, 1.82) is 0 Å². The summed E-state index contributed by atoms with van der Waals surface area (Å²) in [5.41, 5.74) is 2.75. The highest BCUT2D eigenvalue weighted by Crippen LogP contribution is 2.31. The van der Waals surface area contributed by atoms with Crippen molar-refractivity contribution in [2.75, 3.05) is 0 Å². The van der Waals surface area contributed by atoms with Crippen LogP contribution in [0.2, 0.25) is 5.02 Å². The van der Waals surface area contributed by atoms with E-state index in [0.717, 1.165) is 22.2 Å². The summed E-state index contributed by atoms with van der Waals surface area (Å²) in [7, 11) is 0. The van der Waals surface area contributed by atoms with Crippen LogP contribution in [-0.4, -0.2) is 15.5 Å². The van der Waals surface area contributed by atoms with Crippen molar-refractivity contribution in [3.63, 3.8) is 0 Å². The van der Waals surface area contributed by atoms with Crippen molar-refractivity contribution in [2.24, 2.45) is 5.90 Å². The quantitative estimate of drug-likeness (QED) is 0.752. The summed E-state index contributed by atoms with van der Waals surface area (Å²) in [5.74, 6) is 4.41. The third-order valence-electron chi connectivity index (χ3n) is 3.56. The van der Waals surface area contributed by atoms with E-state index in [1.807, 2.05) is 42.0 Å². The Morgan fingerprint density at radius 1 is 1.41 bits per heavy atom. The molecule has 1 aromatic carbocycles. The average Bonchev–Trinajstić information content (AvgIpc) is 2.97. The SMILES string of the molecule is CCn1ccc2c(-c3cccc(Cl)c3)ncc(C(=O)ON)c21. The lowest BCUT2D eigenvalue weighted by molar-refractivity contribution is 0.0505. The summed E-state index contributed by atoms with van der Waals surface area (Å²) in [6, 6.07) is 9.37. The summed E-state index contributed by atoms with van der Waals surface area (Å²) in [4.78, 5) is 20.6. The van der Waals surface area contributed by atoms with Gasteiger partial charge < -0.3 is 9.40 Å². The van der Waals surface area contributed by atoms with Gasteiger partial charge >= 0.3 is 5.97 Å². The lowest BCUT2D eigenvalue weighted by Gasteiger charge is -2.09. The highest BCUT2D eigenvalue weighted by atomic mass is 35.5. The molecular formula is C16H14ClN3O2. The zero-order valence-electron chi connectivity index (χ0n) is 11.9. The van der Waals surface area contributed by atoms with Gasteiger partial charge in [-0.05, 0) is 25.1 Å². The number of carbonyl (C=O) groups excluding carboxylic acids is 1. The number of hydrogen-bond donors (Lipinski definition) is 1. The summed E-state index contributed by atoms with van der Waals surface area (Å²) in [6.07, 6.45) is 3.40. The first-order valence-electron chi connectivity index (χ1n) is 6.80. The molecule has 2 N–H and O–H groups in total. The minimum absolute atomic E-state index is 0.343. The van der Waals surface area contributed by atoms with Gasteiger partial charge in [-0.1, -0.05) is 23.7 Å². The first kappa shape index (κ1) is 14.6. The fourth-order valence-corrected chi connectivity index (χ4v) is 2.76. The van der Waals surface area contributed by atoms with Gasteiger partial charge in [0.05, 0.1) is 11.2 Å². The fraction of sp³-hybridized carbons (Fsp3) is 0.125. The number of nitrogens with zero attached hydrogens (tertiary/aromatic N) is 2. The molecule has 0 unspecified atom stereocenters. The molecular weight excluding hydrogens is 302 g/mol. The number of aryl methyl sites for hydroxylation is 1. The second-order valence-corrected chi connectivity index (χ2v) is 5.24. The Labute approximate surface area is 132 Å². The van der Waals surface area contributed by atoms with Crippen LogP contribution in [0.5, 0.6) is 0 Å². The first-order chi connectivity index (χ1) is 10.7. The molecule has 2 aromatic heterocycles. The largest absolute Gasteiger partial charge is 0.370 e. The Morgan fingerprint density at radius 3 is 2.91 bits per heavy atom. The van der Waals surface area contributed by atoms with Crippen molar-refractivity contribution in [1.82, 2.24) is 9.55 Å². The first-order valence-corrected chi connectivity index (χ1v) is 7.18. The van der Waals surface area contributed by atoms with E-state index in [2.05, 4.69) is 9.82 Å². The molecule has 0 aliphatic carbocycles. The number of pyridine rings is 1. The van der Waals surface area contributed by atoms with Gasteiger partial charge in [0, 0.05) is 34.9 Å². The van der Waals surface area contributed by atoms with Gasteiger partial charge in [-0.2, -0.15) is 5.90 Å². The van der Waals surface area contributed by atoms with E-state index in [0.29, 0.717) is 17.1 Å². The minimum Gasteiger partial charge on any atom is -0.370 e. The molecule has 5 nitrogen and oxygen atoms in total. The predicted octanol–water partition coefficient (Wildman–Crippen LogP) is 3.41. The topological polar surface area (TPSA) is 70.1 Å². The van der Waals surface area contributed by atoms with Crippen molar-refractivity contribution >= 4 is 28.5 Å². The number of fused-ring (bicyclic) bond motifs is 1. The van der Waals surface area contributed by atoms with Crippen LogP contribution in [0.15, 0.2) is 42.7 Å². The normalized spacial score (nSPS) is 10.9. The van der Waals surface area contributed by atoms with Crippen LogP contribution in [0.3, 0.4) is 0 Å². The van der Waals surface area contributed by atoms with Crippen LogP contribution < -0.4 is 5.90 Å². The van der Waals surface area contributed by atoms with Gasteiger partial charge in [-0.25, -0.2) is 4.79 Å². The zero-order valence-corrected chi connectivity index (χ0v) is 12.7. The van der Waals surface area contributed by atoms with Gasteiger partial charge in [-0.15, -0.1) is 0 Å². The van der Waals surface area contributed by atoms with Crippen LogP contribution in [0.25, 0.3) is 22.2 Å². The van der Waals surface area contributed by atoms with E-state index in [-0.39, 0.29) is 0 Å². The molecule has 22 heavy (non-hydrogen) atoms. The van der Waals surface area contributed by atoms with E-state index in [9.17, 15) is 4.79 Å². The van der Waals surface area contributed by atoms with Crippen LogP contribution in [0, 0.1) is 0 Å². The molecule has 3 aromatic rings. The molecule has 0 saturated heterocycles. The van der Waals surface area contributed by atoms with Gasteiger partial charge in [0.1, 0.15) is 5.56 Å². The molecule has 112 valence electrons. The number of aromatic nitrogens is 2. The lowest BCUT2D eigenvalue weighted by Crippen LogP contribution is -2.12. The van der Waals surface area contributed by atoms with Gasteiger partial charge in [0.15, 0.2) is 0 Å². The van der Waals surface area contributed by atoms with Crippen molar-refractivity contribution in [3.05, 3.63) is 53.3 Å². The third-order valence-corrected chi connectivity index (χ3v) is 3.80. The van der Waals surface area contributed by atoms with E-state index in [1.54, 1.807) is 6.07 Å². The molecule has 0 atom stereocenters. The predicted molar refractivity (Wildman–Crippen MR) is 85.5 cm³/mol. The van der Waals surface area contributed by atoms with Crippen LogP contribution in [0.1, 0.15) is 17.3 Å². The standard InChI is InChI=1S/C16H14ClN3O2/c1-2-20-7-6-12-14(10-4-3-5-11(17)8-10)19-9-13(15(12)20)16(21)22-18/h3-9H,2,18H2,1H3. The number of halogens is 1. The van der Waals surface area contributed by atoms with Gasteiger partial charge in [0.25, 0.3) is 0 Å². The number of rotatable bonds is 3. The minimum atomic E-state index is -0.608. The monoisotopic (exact) mass is 315 g/mol. The van der Waals surface area contributed by atoms with E-state index >= 15 is 0 Å². The molecule has 0 aliphatic heterocycles. The highest BCUT2D eigenvalue weighted by Gasteiger charge is 2.18. The molecule has 0 aliphatic rings. The van der Waals surface area contributed by atoms with Crippen molar-refractivity contribution < 1.29 is 9.63 Å². The highest BCUT2D eigenvalue weighted by molar-refractivity contribution is 6.30. The van der Waals surface area contributed by atoms with E-state index < -0.39 is 5.97 Å². The van der Waals surface area contributed by atoms with Crippen molar-refractivity contribution in [3.8, 4) is 11.3 Å². The van der Waals surface area contributed by atoms with Gasteiger partial charge in [0.2, 0.25) is 0 Å². The molecule has 3 rings (SSSR count). The van der Waals surface area contributed by atoms with Crippen LogP contribution in [-0.2, 0) is 11.4 Å². The molecule has 0 spiro atoms. The summed E-state index contributed by atoms with van der Waals surface area (Å²) in [5, 5.41) is 1.49. The Kier molecular flexibility index (Phi) is 3.83. The van der Waals surface area contributed by atoms with Crippen molar-refractivity contribution in [2.45, 2.75) is 13.5 Å². The summed E-state index contributed by atoms with van der Waals surface area (Å²) >= 11 is 6.06. The molecule has 0 radical (unpaired) electrons. The molecule has 0 bridgehead atoms. The maximum atomic E-state index is 11.9. The molecule has 2 heterocycles. The Hall–Kier alpha value is -2.37. The number of nitrogens with two attached hydrogens (primary N) is 1. The summed E-state index contributed by atoms with van der Waals surface area (Å²) in [6.45, 7) is 2.71. The van der Waals surface area contributed by atoms with Gasteiger partial charge in [-0.3, -0.25) is 4.98 Å². The van der Waals surface area contributed by atoms with Crippen LogP contribution >= 0.6 is 11.6 Å². The Morgan fingerprint density at radius 2 is 2.23 bits per heavy atom. The summed E-state index contributed by atoms with van der Waals surface area (Å²) < 4.78 is 1.96. The maximum absolute atomic E-state index is 11.9. The number of hydrogen-bond acceptors (Lipinski definition) is 4. The number of benzene rings is 1. The van der Waals surface area contributed by atoms with Crippen LogP contribution in [0.4, 0.5) is 0 Å². The molecule has 0 saturated carbocycles. The maximum Gasteiger partial charge on any atom is 0.360 e. The second kappa shape index (κ2) is 5.79. The molecule has 6 heteroatoms. The Balaban J connectivity index is 2.31. The molecule has 0 amide bonds. The van der Waals surface area contributed by atoms with E-state index in [4.69, 9.17) is 17.5 Å². The zero-order chi connectivity index (χ0) is 15.7. The third kappa shape index (κ3) is 2.34. The second-order valence-electron chi connectivity index (χ2n) is 4.80. The Bertz CT molecular complexity index is 858. The average molecular weight is 316 g/mol. The smallest absolute Gasteiger partial charge is 0.360 e. The molecule has 0 fully saturated rings.